The number of nitrogens with two attached hydrogens (primary N) is 1. The average molecular weight is 189 g/mol. The molecule has 1 unspecified atom stereocenters. The molecule has 0 spiro atoms. The molecule has 3 nitrogen and oxygen atoms in total. The van der Waals surface area contributed by atoms with Gasteiger partial charge in [-0.3, -0.25) is 0 Å². The van der Waals surface area contributed by atoms with Gasteiger partial charge in [-0.25, -0.2) is 0 Å². The lowest BCUT2D eigenvalue weighted by molar-refractivity contribution is 0.423. The first-order chi connectivity index (χ1) is 6.31. The van der Waals surface area contributed by atoms with Crippen LogP contribution in [0.4, 0.5) is 0 Å². The largest absolute Gasteiger partial charge is 0.377 e. The number of hydrogen-bond donors (Lipinski definition) is 1. The molecule has 0 aliphatic carbocycles. The fourth-order valence-corrected chi connectivity index (χ4v) is 0.491. The van der Waals surface area contributed by atoms with Gasteiger partial charge in [-0.2, -0.15) is 0 Å². The first kappa shape index (κ1) is 12.9. The van der Waals surface area contributed by atoms with E-state index in [0.717, 1.165) is 26.4 Å². The highest BCUT2D eigenvalue weighted by Gasteiger charge is 2.13. The molecule has 2 N–H and O–H groups in total. The van der Waals surface area contributed by atoms with Crippen LogP contribution in [0.3, 0.4) is 0 Å². The van der Waals surface area contributed by atoms with E-state index in [1.165, 1.54) is 19.3 Å². The molecule has 2 heterocycles. The minimum Gasteiger partial charge on any atom is -0.377 e. The zero-order valence-corrected chi connectivity index (χ0v) is 8.92. The predicted octanol–water partition coefficient (Wildman–Crippen LogP) is 1.56. The molecule has 0 radical (unpaired) electrons. The molecule has 80 valence electrons. The Bertz CT molecular complexity index is 86.2. The van der Waals surface area contributed by atoms with Gasteiger partial charge < -0.3 is 15.2 Å². The molecular weight excluding hydrogens is 166 g/mol. The van der Waals surface area contributed by atoms with Crippen molar-refractivity contribution in [2.75, 3.05) is 26.4 Å². The van der Waals surface area contributed by atoms with Crippen LogP contribution in [0.5, 0.6) is 0 Å². The lowest BCUT2D eigenvalue weighted by Crippen LogP contribution is -1.96. The van der Waals surface area contributed by atoms with Gasteiger partial charge in [0.15, 0.2) is 0 Å². The molecule has 0 aromatic heterocycles. The van der Waals surface area contributed by atoms with Gasteiger partial charge in [0.1, 0.15) is 0 Å². The van der Waals surface area contributed by atoms with E-state index in [1.54, 1.807) is 0 Å². The average Bonchev–Trinajstić information content (AvgIpc) is 2.92. The van der Waals surface area contributed by atoms with Crippen LogP contribution < -0.4 is 5.73 Å². The Labute approximate surface area is 81.6 Å². The van der Waals surface area contributed by atoms with Crippen molar-refractivity contribution in [3.63, 3.8) is 0 Å². The third-order valence-corrected chi connectivity index (χ3v) is 1.51. The van der Waals surface area contributed by atoms with Gasteiger partial charge in [0.2, 0.25) is 0 Å². The van der Waals surface area contributed by atoms with E-state index in [0.29, 0.717) is 6.10 Å². The second kappa shape index (κ2) is 9.96. The summed E-state index contributed by atoms with van der Waals surface area (Å²) >= 11 is 0. The Hall–Kier alpha value is -0.120. The molecule has 0 aromatic carbocycles. The molecule has 0 aromatic rings. The molecule has 0 bridgehead atoms. The van der Waals surface area contributed by atoms with Crippen LogP contribution in [0.1, 0.15) is 33.1 Å². The molecule has 2 aliphatic heterocycles. The summed E-state index contributed by atoms with van der Waals surface area (Å²) in [4.78, 5) is 0. The number of epoxide rings is 2. The SMILES string of the molecule is C1CO1.CC1CO1.CCCCCN. The Morgan fingerprint density at radius 3 is 1.85 bits per heavy atom. The number of unbranched alkanes of at least 4 members (excludes halogenated alkanes) is 2. The molecule has 2 saturated heterocycles. The van der Waals surface area contributed by atoms with E-state index in [2.05, 4.69) is 18.6 Å². The van der Waals surface area contributed by atoms with E-state index in [9.17, 15) is 0 Å². The zero-order valence-electron chi connectivity index (χ0n) is 8.92. The summed E-state index contributed by atoms with van der Waals surface area (Å²) in [6.45, 7) is 8.07. The number of rotatable bonds is 3. The Morgan fingerprint density at radius 2 is 1.77 bits per heavy atom. The summed E-state index contributed by atoms with van der Waals surface area (Å²) < 4.78 is 9.21. The van der Waals surface area contributed by atoms with Gasteiger partial charge in [-0.05, 0) is 19.9 Å². The minimum atomic E-state index is 0.583. The smallest absolute Gasteiger partial charge is 0.0781 e. The lowest BCUT2D eigenvalue weighted by Gasteiger charge is -1.86. The minimum absolute atomic E-state index is 0.583. The monoisotopic (exact) mass is 189 g/mol. The van der Waals surface area contributed by atoms with Gasteiger partial charge >= 0.3 is 0 Å². The van der Waals surface area contributed by atoms with Crippen LogP contribution >= 0.6 is 0 Å². The molecule has 2 aliphatic rings. The van der Waals surface area contributed by atoms with E-state index in [4.69, 9.17) is 10.5 Å². The van der Waals surface area contributed by atoms with E-state index < -0.39 is 0 Å². The number of ether oxygens (including phenoxy) is 2. The maximum absolute atomic E-state index is 5.21. The first-order valence-electron chi connectivity index (χ1n) is 5.20. The Morgan fingerprint density at radius 1 is 1.31 bits per heavy atom. The summed E-state index contributed by atoms with van der Waals surface area (Å²) in [6.07, 6.45) is 4.34. The summed E-state index contributed by atoms with van der Waals surface area (Å²) in [6, 6.07) is 0. The first-order valence-corrected chi connectivity index (χ1v) is 5.20. The molecule has 0 saturated carbocycles. The van der Waals surface area contributed by atoms with Crippen molar-refractivity contribution in [1.82, 2.24) is 0 Å². The van der Waals surface area contributed by atoms with E-state index in [-0.39, 0.29) is 0 Å². The van der Waals surface area contributed by atoms with Crippen molar-refractivity contribution in [2.45, 2.75) is 39.2 Å². The van der Waals surface area contributed by atoms with Crippen molar-refractivity contribution in [3.05, 3.63) is 0 Å². The topological polar surface area (TPSA) is 51.1 Å². The molecule has 3 heteroatoms. The van der Waals surface area contributed by atoms with Gasteiger partial charge in [-0.1, -0.05) is 19.8 Å². The van der Waals surface area contributed by atoms with Gasteiger partial charge in [-0.15, -0.1) is 0 Å². The summed E-state index contributed by atoms with van der Waals surface area (Å²) in [7, 11) is 0. The maximum Gasteiger partial charge on any atom is 0.0781 e. The van der Waals surface area contributed by atoms with Crippen LogP contribution in [0.15, 0.2) is 0 Å². The summed E-state index contributed by atoms with van der Waals surface area (Å²) in [5.74, 6) is 0. The predicted molar refractivity (Wildman–Crippen MR) is 54.8 cm³/mol. The van der Waals surface area contributed by atoms with Crippen molar-refractivity contribution < 1.29 is 9.47 Å². The second-order valence-corrected chi connectivity index (χ2v) is 3.25. The van der Waals surface area contributed by atoms with Gasteiger partial charge in [0.25, 0.3) is 0 Å². The zero-order chi connectivity index (χ0) is 9.94. The van der Waals surface area contributed by atoms with Crippen LogP contribution in [0.2, 0.25) is 0 Å². The highest BCUT2D eigenvalue weighted by Crippen LogP contribution is 2.04. The second-order valence-electron chi connectivity index (χ2n) is 3.25. The maximum atomic E-state index is 5.21. The third kappa shape index (κ3) is 24.5. The van der Waals surface area contributed by atoms with Crippen molar-refractivity contribution in [1.29, 1.82) is 0 Å². The van der Waals surface area contributed by atoms with Crippen molar-refractivity contribution in [3.8, 4) is 0 Å². The molecule has 0 amide bonds. The number of hydrogen-bond acceptors (Lipinski definition) is 3. The lowest BCUT2D eigenvalue weighted by atomic mass is 10.3. The highest BCUT2D eigenvalue weighted by atomic mass is 16.6. The fraction of sp³-hybridized carbons (Fsp3) is 1.00. The summed E-state index contributed by atoms with van der Waals surface area (Å²) in [5, 5.41) is 0. The molecular formula is C10H23NO2. The normalized spacial score (nSPS) is 21.9. The third-order valence-electron chi connectivity index (χ3n) is 1.51. The molecule has 1 atom stereocenters. The molecule has 2 fully saturated rings. The van der Waals surface area contributed by atoms with Gasteiger partial charge in [0.05, 0.1) is 25.9 Å². The van der Waals surface area contributed by atoms with Crippen LogP contribution in [0, 0.1) is 0 Å². The fourth-order valence-electron chi connectivity index (χ4n) is 0.491. The van der Waals surface area contributed by atoms with Crippen molar-refractivity contribution in [2.24, 2.45) is 5.73 Å². The van der Waals surface area contributed by atoms with E-state index >= 15 is 0 Å². The van der Waals surface area contributed by atoms with Crippen molar-refractivity contribution >= 4 is 0 Å². The van der Waals surface area contributed by atoms with Crippen LogP contribution in [-0.4, -0.2) is 32.5 Å². The quantitative estimate of drug-likeness (QED) is 0.541. The summed E-state index contributed by atoms with van der Waals surface area (Å²) in [5.41, 5.74) is 5.21. The Balaban J connectivity index is 0.000000175. The highest BCUT2D eigenvalue weighted by molar-refractivity contribution is 4.58. The Kier molecular flexibility index (Phi) is 9.87. The molecule has 13 heavy (non-hydrogen) atoms. The molecule has 2 rings (SSSR count). The van der Waals surface area contributed by atoms with Crippen LogP contribution in [-0.2, 0) is 9.47 Å². The standard InChI is InChI=1S/C5H13N.C3H6O.C2H4O/c1-2-3-4-5-6;1-3-2-4-3;1-2-3-1/h2-6H2,1H3;3H,2H2,1H3;1-2H2. The van der Waals surface area contributed by atoms with Crippen LogP contribution in [0.25, 0.3) is 0 Å². The van der Waals surface area contributed by atoms with Gasteiger partial charge in [0, 0.05) is 0 Å². The van der Waals surface area contributed by atoms with E-state index in [1.807, 2.05) is 0 Å².